The van der Waals surface area contributed by atoms with Crippen molar-refractivity contribution in [2.45, 2.75) is 24.3 Å². The van der Waals surface area contributed by atoms with Gasteiger partial charge >= 0.3 is 0 Å². The molecule has 0 saturated carbocycles. The maximum absolute atomic E-state index is 13.3. The first-order valence-corrected chi connectivity index (χ1v) is 10.5. The normalized spacial score (nSPS) is 16.2. The number of methoxy groups -OCH3 is 1. The van der Waals surface area contributed by atoms with Crippen LogP contribution in [0.3, 0.4) is 0 Å². The Balaban J connectivity index is 1.87. The molecule has 150 valence electrons. The first kappa shape index (κ1) is 20.2. The number of hydrogen-bond acceptors (Lipinski definition) is 5. The fourth-order valence-corrected chi connectivity index (χ4v) is 4.42. The minimum absolute atomic E-state index is 0.0939. The van der Waals surface area contributed by atoms with E-state index in [9.17, 15) is 13.2 Å². The van der Waals surface area contributed by atoms with Crippen molar-refractivity contribution in [3.8, 4) is 5.75 Å². The smallest absolute Gasteiger partial charge is 0.264 e. The van der Waals surface area contributed by atoms with Gasteiger partial charge in [-0.25, -0.2) is 8.42 Å². The Bertz CT molecular complexity index is 928. The summed E-state index contributed by atoms with van der Waals surface area (Å²) in [6, 6.07) is 13.5. The number of aryl methyl sites for hydroxylation is 1. The van der Waals surface area contributed by atoms with Crippen LogP contribution in [0.15, 0.2) is 53.4 Å². The highest BCUT2D eigenvalue weighted by Gasteiger charge is 2.37. The highest BCUT2D eigenvalue weighted by molar-refractivity contribution is 7.92. The third kappa shape index (κ3) is 4.28. The van der Waals surface area contributed by atoms with Crippen LogP contribution in [0, 0.1) is 6.92 Å². The fourth-order valence-electron chi connectivity index (χ4n) is 2.95. The summed E-state index contributed by atoms with van der Waals surface area (Å²) in [5, 5.41) is 2.77. The lowest BCUT2D eigenvalue weighted by Gasteiger charge is -2.34. The highest BCUT2D eigenvalue weighted by Crippen LogP contribution is 2.36. The molecule has 1 heterocycles. The predicted molar refractivity (Wildman–Crippen MR) is 106 cm³/mol. The number of para-hydroxylation sites is 2. The fraction of sp³-hybridized carbons (Fsp3) is 0.350. The van der Waals surface area contributed by atoms with Crippen LogP contribution < -0.4 is 14.4 Å². The largest absolute Gasteiger partial charge is 0.476 e. The molecule has 1 N–H and O–H groups in total. The summed E-state index contributed by atoms with van der Waals surface area (Å²) in [4.78, 5) is 12.7. The van der Waals surface area contributed by atoms with E-state index in [-0.39, 0.29) is 17.3 Å². The second-order valence-corrected chi connectivity index (χ2v) is 8.42. The van der Waals surface area contributed by atoms with E-state index in [1.165, 1.54) is 4.31 Å². The molecule has 0 fully saturated rings. The summed E-state index contributed by atoms with van der Waals surface area (Å²) in [5.74, 6) is 0.0104. The molecule has 1 atom stereocenters. The molecule has 28 heavy (non-hydrogen) atoms. The van der Waals surface area contributed by atoms with E-state index in [0.29, 0.717) is 31.0 Å². The molecule has 1 aliphatic rings. The van der Waals surface area contributed by atoms with Crippen LogP contribution in [0.25, 0.3) is 0 Å². The van der Waals surface area contributed by atoms with Gasteiger partial charge in [-0.05, 0) is 37.6 Å². The van der Waals surface area contributed by atoms with Crippen molar-refractivity contribution in [2.24, 2.45) is 0 Å². The average Bonchev–Trinajstić information content (AvgIpc) is 2.70. The Labute approximate surface area is 165 Å². The van der Waals surface area contributed by atoms with Crippen LogP contribution in [0.4, 0.5) is 5.69 Å². The zero-order chi connectivity index (χ0) is 20.1. The Kier molecular flexibility index (Phi) is 6.21. The lowest BCUT2D eigenvalue weighted by Crippen LogP contribution is -2.50. The van der Waals surface area contributed by atoms with Crippen LogP contribution in [0.2, 0.25) is 0 Å². The number of rotatable bonds is 7. The van der Waals surface area contributed by atoms with Crippen LogP contribution in [0.1, 0.15) is 12.0 Å². The van der Waals surface area contributed by atoms with Gasteiger partial charge in [0.25, 0.3) is 15.9 Å². The molecule has 0 spiro atoms. The van der Waals surface area contributed by atoms with E-state index in [2.05, 4.69) is 5.32 Å². The standard InChI is InChI=1S/C20H24N2O5S/c1-15-8-10-16(11-9-15)28(24,25)22-14-19(20(23)21-12-5-13-26-2)27-18-7-4-3-6-17(18)22/h3-4,6-11,19H,5,12-14H2,1-2H3,(H,21,23). The quantitative estimate of drug-likeness (QED) is 0.715. The summed E-state index contributed by atoms with van der Waals surface area (Å²) in [6.07, 6.45) is -0.269. The average molecular weight is 404 g/mol. The van der Waals surface area contributed by atoms with Gasteiger partial charge in [-0.2, -0.15) is 0 Å². The van der Waals surface area contributed by atoms with Gasteiger partial charge in [-0.3, -0.25) is 9.10 Å². The van der Waals surface area contributed by atoms with Gasteiger partial charge in [-0.1, -0.05) is 29.8 Å². The van der Waals surface area contributed by atoms with E-state index in [4.69, 9.17) is 9.47 Å². The minimum atomic E-state index is -3.83. The summed E-state index contributed by atoms with van der Waals surface area (Å²) >= 11 is 0. The second-order valence-electron chi connectivity index (χ2n) is 6.56. The van der Waals surface area contributed by atoms with E-state index in [0.717, 1.165) is 5.56 Å². The van der Waals surface area contributed by atoms with Crippen LogP contribution >= 0.6 is 0 Å². The van der Waals surface area contributed by atoms with Crippen molar-refractivity contribution >= 4 is 21.6 Å². The topological polar surface area (TPSA) is 84.9 Å². The molecule has 0 saturated heterocycles. The number of anilines is 1. The van der Waals surface area contributed by atoms with Crippen LogP contribution in [-0.2, 0) is 19.6 Å². The molecule has 0 radical (unpaired) electrons. The molecule has 2 aromatic carbocycles. The van der Waals surface area contributed by atoms with E-state index < -0.39 is 16.1 Å². The van der Waals surface area contributed by atoms with Crippen molar-refractivity contribution < 1.29 is 22.7 Å². The number of benzene rings is 2. The van der Waals surface area contributed by atoms with Crippen molar-refractivity contribution in [1.29, 1.82) is 0 Å². The molecular weight excluding hydrogens is 380 g/mol. The van der Waals surface area contributed by atoms with Gasteiger partial charge in [-0.15, -0.1) is 0 Å². The molecule has 1 unspecified atom stereocenters. The Hall–Kier alpha value is -2.58. The van der Waals surface area contributed by atoms with E-state index in [1.807, 2.05) is 6.92 Å². The van der Waals surface area contributed by atoms with Crippen LogP contribution in [0.5, 0.6) is 5.75 Å². The lowest BCUT2D eigenvalue weighted by molar-refractivity contribution is -0.127. The number of sulfonamides is 1. The second kappa shape index (κ2) is 8.62. The summed E-state index contributed by atoms with van der Waals surface area (Å²) in [5.41, 5.74) is 1.39. The van der Waals surface area contributed by atoms with Crippen molar-refractivity contribution in [1.82, 2.24) is 5.32 Å². The van der Waals surface area contributed by atoms with Gasteiger partial charge in [0.15, 0.2) is 6.10 Å². The Morgan fingerprint density at radius 2 is 1.93 bits per heavy atom. The SMILES string of the molecule is COCCCNC(=O)C1CN(S(=O)(=O)c2ccc(C)cc2)c2ccccc2O1. The van der Waals surface area contributed by atoms with Crippen LogP contribution in [-0.4, -0.2) is 47.2 Å². The summed E-state index contributed by atoms with van der Waals surface area (Å²) < 4.78 is 38.5. The zero-order valence-electron chi connectivity index (χ0n) is 15.9. The number of nitrogens with one attached hydrogen (secondary N) is 1. The molecule has 0 aliphatic carbocycles. The predicted octanol–water partition coefficient (Wildman–Crippen LogP) is 2.10. The first-order chi connectivity index (χ1) is 13.4. The van der Waals surface area contributed by atoms with Gasteiger partial charge in [0.05, 0.1) is 17.1 Å². The monoisotopic (exact) mass is 404 g/mol. The summed E-state index contributed by atoms with van der Waals surface area (Å²) in [6.45, 7) is 2.76. The van der Waals surface area contributed by atoms with E-state index >= 15 is 0 Å². The third-order valence-electron chi connectivity index (χ3n) is 4.46. The van der Waals surface area contributed by atoms with Crippen molar-refractivity contribution in [2.75, 3.05) is 31.1 Å². The van der Waals surface area contributed by atoms with Crippen molar-refractivity contribution in [3.05, 3.63) is 54.1 Å². The third-order valence-corrected chi connectivity index (χ3v) is 6.25. The maximum Gasteiger partial charge on any atom is 0.264 e. The Morgan fingerprint density at radius 3 is 2.64 bits per heavy atom. The highest BCUT2D eigenvalue weighted by atomic mass is 32.2. The molecule has 2 aromatic rings. The Morgan fingerprint density at radius 1 is 1.21 bits per heavy atom. The minimum Gasteiger partial charge on any atom is -0.476 e. The van der Waals surface area contributed by atoms with Gasteiger partial charge < -0.3 is 14.8 Å². The lowest BCUT2D eigenvalue weighted by atomic mass is 10.2. The number of amides is 1. The number of ether oxygens (including phenoxy) is 2. The van der Waals surface area contributed by atoms with Gasteiger partial charge in [0.1, 0.15) is 5.75 Å². The molecule has 0 aromatic heterocycles. The molecule has 3 rings (SSSR count). The van der Waals surface area contributed by atoms with Gasteiger partial charge in [0, 0.05) is 20.3 Å². The summed E-state index contributed by atoms with van der Waals surface area (Å²) in [7, 11) is -2.24. The number of carbonyl (C=O) groups excluding carboxylic acids is 1. The number of fused-ring (bicyclic) bond motifs is 1. The number of nitrogens with zero attached hydrogens (tertiary/aromatic N) is 1. The number of carbonyl (C=O) groups is 1. The van der Waals surface area contributed by atoms with Crippen molar-refractivity contribution in [3.63, 3.8) is 0 Å². The zero-order valence-corrected chi connectivity index (χ0v) is 16.7. The molecule has 1 aliphatic heterocycles. The maximum atomic E-state index is 13.3. The van der Waals surface area contributed by atoms with Gasteiger partial charge in [0.2, 0.25) is 0 Å². The molecule has 1 amide bonds. The number of hydrogen-bond donors (Lipinski definition) is 1. The molecular formula is C20H24N2O5S. The molecule has 8 heteroatoms. The molecule has 7 nitrogen and oxygen atoms in total. The first-order valence-electron chi connectivity index (χ1n) is 9.05. The molecule has 0 bridgehead atoms. The van der Waals surface area contributed by atoms with E-state index in [1.54, 1.807) is 55.6 Å².